The minimum atomic E-state index is -2.82. The molecule has 2 aromatic carbocycles. The number of alkyl halides is 2. The van der Waals surface area contributed by atoms with Crippen molar-refractivity contribution >= 4 is 5.69 Å². The summed E-state index contributed by atoms with van der Waals surface area (Å²) in [6, 6.07) is 12.6. The minimum Gasteiger partial charge on any atom is -0.493 e. The van der Waals surface area contributed by atoms with Crippen LogP contribution >= 0.6 is 0 Å². The maximum absolute atomic E-state index is 12.4. The molecular formula is C16H15F2NO2. The first-order valence-electron chi connectivity index (χ1n) is 6.75. The van der Waals surface area contributed by atoms with E-state index in [1.807, 2.05) is 18.2 Å². The number of anilines is 1. The Kier molecular flexibility index (Phi) is 3.90. The van der Waals surface area contributed by atoms with E-state index in [-0.39, 0.29) is 5.75 Å². The van der Waals surface area contributed by atoms with Crippen molar-refractivity contribution in [3.8, 4) is 11.5 Å². The summed E-state index contributed by atoms with van der Waals surface area (Å²) >= 11 is 0. The molecule has 0 radical (unpaired) electrons. The molecule has 0 unspecified atom stereocenters. The topological polar surface area (TPSA) is 30.5 Å². The number of ether oxygens (including phenoxy) is 2. The van der Waals surface area contributed by atoms with E-state index in [0.29, 0.717) is 18.7 Å². The van der Waals surface area contributed by atoms with E-state index >= 15 is 0 Å². The molecule has 0 bridgehead atoms. The van der Waals surface area contributed by atoms with Crippen LogP contribution in [0.15, 0.2) is 42.5 Å². The van der Waals surface area contributed by atoms with Gasteiger partial charge in [-0.05, 0) is 29.8 Å². The zero-order valence-corrected chi connectivity index (χ0v) is 11.3. The summed E-state index contributed by atoms with van der Waals surface area (Å²) in [5, 5.41) is 3.22. The fourth-order valence-corrected chi connectivity index (χ4v) is 2.35. The Morgan fingerprint density at radius 1 is 1.19 bits per heavy atom. The zero-order chi connectivity index (χ0) is 14.7. The van der Waals surface area contributed by atoms with Crippen molar-refractivity contribution in [3.05, 3.63) is 53.6 Å². The predicted molar refractivity (Wildman–Crippen MR) is 76.0 cm³/mol. The molecule has 0 spiro atoms. The van der Waals surface area contributed by atoms with Gasteiger partial charge in [-0.25, -0.2) is 0 Å². The minimum absolute atomic E-state index is 0.199. The standard InChI is InChI=1S/C16H15F2NO2/c17-16(18)21-15-4-2-1-3-12(15)10-19-13-5-6-14-11(9-13)7-8-20-14/h1-6,9,16,19H,7-8,10H2. The first-order chi connectivity index (χ1) is 10.2. The summed E-state index contributed by atoms with van der Waals surface area (Å²) in [4.78, 5) is 0. The van der Waals surface area contributed by atoms with Crippen LogP contribution in [0.4, 0.5) is 14.5 Å². The molecule has 0 saturated carbocycles. The molecule has 2 aromatic rings. The maximum atomic E-state index is 12.4. The van der Waals surface area contributed by atoms with Gasteiger partial charge in [-0.2, -0.15) is 8.78 Å². The van der Waals surface area contributed by atoms with Crippen LogP contribution in [0.3, 0.4) is 0 Å². The largest absolute Gasteiger partial charge is 0.493 e. The van der Waals surface area contributed by atoms with Crippen molar-refractivity contribution in [1.82, 2.24) is 0 Å². The SMILES string of the molecule is FC(F)Oc1ccccc1CNc1ccc2c(c1)CCO2. The summed E-state index contributed by atoms with van der Waals surface area (Å²) in [6.07, 6.45) is 0.899. The van der Waals surface area contributed by atoms with Gasteiger partial charge in [0.2, 0.25) is 0 Å². The zero-order valence-electron chi connectivity index (χ0n) is 11.3. The molecule has 1 aliphatic heterocycles. The molecule has 0 amide bonds. The first kappa shape index (κ1) is 13.7. The molecule has 0 aliphatic carbocycles. The predicted octanol–water partition coefficient (Wildman–Crippen LogP) is 3.84. The monoisotopic (exact) mass is 291 g/mol. The third-order valence-corrected chi connectivity index (χ3v) is 3.36. The first-order valence-corrected chi connectivity index (χ1v) is 6.75. The molecule has 0 atom stereocenters. The van der Waals surface area contributed by atoms with E-state index in [2.05, 4.69) is 10.1 Å². The molecule has 1 heterocycles. The third-order valence-electron chi connectivity index (χ3n) is 3.36. The second-order valence-corrected chi connectivity index (χ2v) is 4.76. The lowest BCUT2D eigenvalue weighted by Gasteiger charge is -2.12. The molecule has 21 heavy (non-hydrogen) atoms. The van der Waals surface area contributed by atoms with Gasteiger partial charge in [0.15, 0.2) is 0 Å². The van der Waals surface area contributed by atoms with Gasteiger partial charge in [-0.1, -0.05) is 18.2 Å². The normalized spacial score (nSPS) is 12.9. The van der Waals surface area contributed by atoms with E-state index in [1.54, 1.807) is 24.3 Å². The molecule has 110 valence electrons. The van der Waals surface area contributed by atoms with E-state index < -0.39 is 6.61 Å². The van der Waals surface area contributed by atoms with E-state index in [4.69, 9.17) is 4.74 Å². The molecule has 3 nitrogen and oxygen atoms in total. The van der Waals surface area contributed by atoms with Gasteiger partial charge in [-0.15, -0.1) is 0 Å². The molecule has 0 fully saturated rings. The second kappa shape index (κ2) is 5.99. The van der Waals surface area contributed by atoms with Gasteiger partial charge in [-0.3, -0.25) is 0 Å². The van der Waals surface area contributed by atoms with Gasteiger partial charge in [0.05, 0.1) is 6.61 Å². The number of fused-ring (bicyclic) bond motifs is 1. The van der Waals surface area contributed by atoms with Crippen molar-refractivity contribution < 1.29 is 18.3 Å². The van der Waals surface area contributed by atoms with Crippen LogP contribution < -0.4 is 14.8 Å². The summed E-state index contributed by atoms with van der Waals surface area (Å²) in [6.45, 7) is -1.69. The third kappa shape index (κ3) is 3.24. The molecule has 3 rings (SSSR count). The Bertz CT molecular complexity index is 631. The van der Waals surface area contributed by atoms with Crippen LogP contribution in [0.1, 0.15) is 11.1 Å². The summed E-state index contributed by atoms with van der Waals surface area (Å²) < 4.78 is 34.7. The second-order valence-electron chi connectivity index (χ2n) is 4.76. The van der Waals surface area contributed by atoms with E-state index in [1.165, 1.54) is 0 Å². The Morgan fingerprint density at radius 2 is 2.05 bits per heavy atom. The smallest absolute Gasteiger partial charge is 0.387 e. The highest BCUT2D eigenvalue weighted by molar-refractivity contribution is 5.53. The lowest BCUT2D eigenvalue weighted by Crippen LogP contribution is -2.07. The lowest BCUT2D eigenvalue weighted by molar-refractivity contribution is -0.0504. The van der Waals surface area contributed by atoms with E-state index in [0.717, 1.165) is 23.4 Å². The highest BCUT2D eigenvalue weighted by atomic mass is 19.3. The van der Waals surface area contributed by atoms with Crippen LogP contribution in [0.2, 0.25) is 0 Å². The van der Waals surface area contributed by atoms with Crippen LogP contribution in [0.25, 0.3) is 0 Å². The van der Waals surface area contributed by atoms with Crippen molar-refractivity contribution in [2.75, 3.05) is 11.9 Å². The Labute approximate surface area is 121 Å². The Morgan fingerprint density at radius 3 is 2.90 bits per heavy atom. The van der Waals surface area contributed by atoms with Crippen LogP contribution in [0, 0.1) is 0 Å². The van der Waals surface area contributed by atoms with Crippen LogP contribution in [-0.4, -0.2) is 13.2 Å². The molecule has 1 aliphatic rings. The number of rotatable bonds is 5. The van der Waals surface area contributed by atoms with Crippen molar-refractivity contribution in [1.29, 1.82) is 0 Å². The van der Waals surface area contributed by atoms with Gasteiger partial charge >= 0.3 is 6.61 Å². The van der Waals surface area contributed by atoms with E-state index in [9.17, 15) is 8.78 Å². The molecular weight excluding hydrogens is 276 g/mol. The molecule has 0 saturated heterocycles. The number of nitrogens with one attached hydrogen (secondary N) is 1. The number of para-hydroxylation sites is 1. The average Bonchev–Trinajstić information content (AvgIpc) is 2.93. The summed E-state index contributed by atoms with van der Waals surface area (Å²) in [5.74, 6) is 1.12. The van der Waals surface area contributed by atoms with Crippen molar-refractivity contribution in [3.63, 3.8) is 0 Å². The molecule has 1 N–H and O–H groups in total. The van der Waals surface area contributed by atoms with Crippen molar-refractivity contribution in [2.45, 2.75) is 19.6 Å². The lowest BCUT2D eigenvalue weighted by atomic mass is 10.1. The molecule has 0 aromatic heterocycles. The van der Waals surface area contributed by atoms with Gasteiger partial charge in [0, 0.05) is 24.2 Å². The fraction of sp³-hybridized carbons (Fsp3) is 0.250. The maximum Gasteiger partial charge on any atom is 0.387 e. The quantitative estimate of drug-likeness (QED) is 0.908. The average molecular weight is 291 g/mol. The van der Waals surface area contributed by atoms with Gasteiger partial charge in [0.25, 0.3) is 0 Å². The summed E-state index contributed by atoms with van der Waals surface area (Å²) in [7, 11) is 0. The number of hydrogen-bond acceptors (Lipinski definition) is 3. The van der Waals surface area contributed by atoms with Crippen molar-refractivity contribution in [2.24, 2.45) is 0 Å². The Balaban J connectivity index is 1.70. The number of hydrogen-bond donors (Lipinski definition) is 1. The van der Waals surface area contributed by atoms with Gasteiger partial charge < -0.3 is 14.8 Å². The highest BCUT2D eigenvalue weighted by Crippen LogP contribution is 2.28. The number of benzene rings is 2. The van der Waals surface area contributed by atoms with Crippen LogP contribution in [0.5, 0.6) is 11.5 Å². The highest BCUT2D eigenvalue weighted by Gasteiger charge is 2.12. The van der Waals surface area contributed by atoms with Crippen LogP contribution in [-0.2, 0) is 13.0 Å². The van der Waals surface area contributed by atoms with Gasteiger partial charge in [0.1, 0.15) is 11.5 Å². The summed E-state index contributed by atoms with van der Waals surface area (Å²) in [5.41, 5.74) is 2.79. The number of halogens is 2. The molecule has 5 heteroatoms. The Hall–Kier alpha value is -2.30. The fourth-order valence-electron chi connectivity index (χ4n) is 2.35.